The number of hydrogen-bond donors (Lipinski definition) is 0. The lowest BCUT2D eigenvalue weighted by Gasteiger charge is -2.09. The average molecular weight is 752 g/mol. The first-order valence-corrected chi connectivity index (χ1v) is 11.2. The summed E-state index contributed by atoms with van der Waals surface area (Å²) in [5.41, 5.74) is 0. The molecule has 38 heavy (non-hydrogen) atoms. The van der Waals surface area contributed by atoms with Gasteiger partial charge in [-0.05, 0) is 19.4 Å². The second-order valence-corrected chi connectivity index (χ2v) is 10.5. The molecular formula is C18H24Cl8F12. The standard InChI is InChI=1S/C4H2Cl3F3.C4H6ClF3.C4H5F3.C3H3F3.CCl4.2CH4/c5-2(1-3(6)7)4(8,9)10;1-2-3(5)4(6,7)8;1-2-3-4(5,6)7;1-2-3(4,5)6;2-1(3,4)5;;/h1-2H;3H,2H2,1H3;2-3H,1H3;2H,1H2;;2*1H4/b;;3-2+;;;;. The fourth-order valence-electron chi connectivity index (χ4n) is 0.626. The van der Waals surface area contributed by atoms with E-state index in [1.54, 1.807) is 0 Å². The Labute approximate surface area is 253 Å². The maximum absolute atomic E-state index is 11.5. The van der Waals surface area contributed by atoms with Crippen molar-refractivity contribution < 1.29 is 52.7 Å². The van der Waals surface area contributed by atoms with Gasteiger partial charge in [0.2, 0.25) is 0 Å². The zero-order chi connectivity index (χ0) is 30.8. The molecule has 0 saturated heterocycles. The van der Waals surface area contributed by atoms with Gasteiger partial charge in [-0.2, -0.15) is 52.7 Å². The Morgan fingerprint density at radius 1 is 0.737 bits per heavy atom. The van der Waals surface area contributed by atoms with E-state index in [1.165, 1.54) is 13.8 Å². The topological polar surface area (TPSA) is 0 Å². The summed E-state index contributed by atoms with van der Waals surface area (Å²) in [7, 11) is 0. The van der Waals surface area contributed by atoms with Gasteiger partial charge in [0.15, 0.2) is 0 Å². The van der Waals surface area contributed by atoms with E-state index in [0.29, 0.717) is 6.08 Å². The van der Waals surface area contributed by atoms with Crippen molar-refractivity contribution in [2.45, 2.75) is 73.8 Å². The highest BCUT2D eigenvalue weighted by Crippen LogP contribution is 2.30. The van der Waals surface area contributed by atoms with Crippen LogP contribution in [0.3, 0.4) is 0 Å². The molecular weight excluding hydrogens is 728 g/mol. The lowest BCUT2D eigenvalue weighted by Crippen LogP contribution is -2.21. The van der Waals surface area contributed by atoms with Crippen LogP contribution < -0.4 is 0 Å². The number of rotatable bonds is 2. The third-order valence-corrected chi connectivity index (χ3v) is 3.07. The third kappa shape index (κ3) is 70.8. The molecule has 0 amide bonds. The molecule has 2 unspecified atom stereocenters. The monoisotopic (exact) mass is 748 g/mol. The maximum Gasteiger partial charge on any atom is 0.409 e. The smallest absolute Gasteiger partial charge is 0.169 e. The highest BCUT2D eigenvalue weighted by molar-refractivity contribution is 6.83. The first-order valence-electron chi connectivity index (χ1n) is 8.05. The Morgan fingerprint density at radius 2 is 1.03 bits per heavy atom. The summed E-state index contributed by atoms with van der Waals surface area (Å²) in [6.07, 6.45) is -15.5. The molecule has 0 spiro atoms. The van der Waals surface area contributed by atoms with E-state index in [2.05, 4.69) is 6.58 Å². The summed E-state index contributed by atoms with van der Waals surface area (Å²) in [6, 6.07) is 0. The van der Waals surface area contributed by atoms with Crippen molar-refractivity contribution in [1.82, 2.24) is 0 Å². The first-order chi connectivity index (χ1) is 15.4. The highest BCUT2D eigenvalue weighted by Gasteiger charge is 2.37. The summed E-state index contributed by atoms with van der Waals surface area (Å²) in [4.78, 5) is 0. The van der Waals surface area contributed by atoms with Crippen LogP contribution in [0.15, 0.2) is 35.4 Å². The molecule has 0 aliphatic heterocycles. The van der Waals surface area contributed by atoms with Crippen LogP contribution in [0.1, 0.15) is 35.1 Å². The Hall–Kier alpha value is 0.700. The van der Waals surface area contributed by atoms with Crippen LogP contribution in [-0.2, 0) is 0 Å². The minimum absolute atomic E-state index is 0. The van der Waals surface area contributed by atoms with Crippen molar-refractivity contribution in [3.63, 3.8) is 0 Å². The summed E-state index contributed by atoms with van der Waals surface area (Å²) in [5, 5.41) is -3.79. The Bertz CT molecular complexity index is 595. The van der Waals surface area contributed by atoms with Gasteiger partial charge in [-0.25, -0.2) is 0 Å². The van der Waals surface area contributed by atoms with Crippen molar-refractivity contribution in [2.24, 2.45) is 0 Å². The maximum atomic E-state index is 11.5. The molecule has 236 valence electrons. The highest BCUT2D eigenvalue weighted by atomic mass is 35.6. The molecule has 0 bridgehead atoms. The van der Waals surface area contributed by atoms with Gasteiger partial charge in [0.25, 0.3) is 3.25 Å². The van der Waals surface area contributed by atoms with Crippen LogP contribution in [0.4, 0.5) is 52.7 Å². The molecule has 0 aromatic rings. The SMILES string of the molecule is C.C.C/C=C/C(F)(F)F.C=CC(F)(F)F.CCC(Cl)C(F)(F)F.ClC(Cl)(Cl)Cl.FC(F)(F)C(Cl)C=C(Cl)Cl. The predicted octanol–water partition coefficient (Wildman–Crippen LogP) is 13.7. The lowest BCUT2D eigenvalue weighted by molar-refractivity contribution is -0.130. The van der Waals surface area contributed by atoms with E-state index in [-0.39, 0.29) is 33.4 Å². The fraction of sp³-hybridized carbons (Fsp3) is 0.667. The van der Waals surface area contributed by atoms with Crippen molar-refractivity contribution in [3.05, 3.63) is 35.4 Å². The van der Waals surface area contributed by atoms with Gasteiger partial charge < -0.3 is 0 Å². The van der Waals surface area contributed by atoms with Gasteiger partial charge in [0, 0.05) is 12.2 Å². The second kappa shape index (κ2) is 25.4. The van der Waals surface area contributed by atoms with E-state index in [4.69, 9.17) is 92.8 Å². The average Bonchev–Trinajstić information content (AvgIpc) is 2.57. The lowest BCUT2D eigenvalue weighted by atomic mass is 10.3. The van der Waals surface area contributed by atoms with Gasteiger partial charge >= 0.3 is 24.7 Å². The minimum Gasteiger partial charge on any atom is -0.169 e. The van der Waals surface area contributed by atoms with Gasteiger partial charge in [0.05, 0.1) is 0 Å². The normalized spacial score (nSPS) is 13.0. The van der Waals surface area contributed by atoms with Crippen LogP contribution in [0.25, 0.3) is 0 Å². The van der Waals surface area contributed by atoms with Crippen LogP contribution in [0.2, 0.25) is 0 Å². The van der Waals surface area contributed by atoms with Crippen molar-refractivity contribution in [1.29, 1.82) is 0 Å². The molecule has 0 aromatic heterocycles. The Morgan fingerprint density at radius 3 is 1.05 bits per heavy atom. The predicted molar refractivity (Wildman–Crippen MR) is 138 cm³/mol. The van der Waals surface area contributed by atoms with Gasteiger partial charge in [0.1, 0.15) is 15.2 Å². The number of allylic oxidation sites excluding steroid dienone is 4. The van der Waals surface area contributed by atoms with Gasteiger partial charge in [-0.15, -0.1) is 23.2 Å². The summed E-state index contributed by atoms with van der Waals surface area (Å²) >= 11 is 38.7. The molecule has 0 aromatic carbocycles. The number of hydrogen-bond acceptors (Lipinski definition) is 0. The summed E-state index contributed by atoms with van der Waals surface area (Å²) in [6.45, 7) is 5.23. The molecule has 0 rings (SSSR count). The summed E-state index contributed by atoms with van der Waals surface area (Å²) < 4.78 is 131. The zero-order valence-corrected chi connectivity index (χ0v) is 23.5. The van der Waals surface area contributed by atoms with E-state index in [0.717, 1.165) is 6.08 Å². The summed E-state index contributed by atoms with van der Waals surface area (Å²) in [5.74, 6) is 0. The second-order valence-electron chi connectivity index (χ2n) is 5.03. The number of alkyl halides is 18. The van der Waals surface area contributed by atoms with Gasteiger partial charge in [-0.3, -0.25) is 0 Å². The first kappa shape index (κ1) is 54.7. The quantitative estimate of drug-likeness (QED) is 0.150. The molecule has 0 radical (unpaired) electrons. The molecule has 20 heteroatoms. The van der Waals surface area contributed by atoms with E-state index >= 15 is 0 Å². The molecule has 0 saturated carbocycles. The Balaban J connectivity index is -0.0000000636. The minimum atomic E-state index is -4.49. The largest absolute Gasteiger partial charge is 0.409 e. The number of halogens is 20. The molecule has 0 heterocycles. The molecule has 0 aliphatic carbocycles. The van der Waals surface area contributed by atoms with Crippen molar-refractivity contribution in [2.75, 3.05) is 0 Å². The van der Waals surface area contributed by atoms with Crippen molar-refractivity contribution >= 4 is 92.8 Å². The molecule has 0 fully saturated rings. The Kier molecular flexibility index (Phi) is 36.6. The van der Waals surface area contributed by atoms with Crippen LogP contribution >= 0.6 is 92.8 Å². The van der Waals surface area contributed by atoms with Crippen LogP contribution in [-0.4, -0.2) is 38.7 Å². The van der Waals surface area contributed by atoms with Gasteiger partial charge in [-0.1, -0.05) is 104 Å². The zero-order valence-electron chi connectivity index (χ0n) is 17.4. The van der Waals surface area contributed by atoms with E-state index in [1.807, 2.05) is 0 Å². The van der Waals surface area contributed by atoms with Crippen LogP contribution in [0.5, 0.6) is 0 Å². The van der Waals surface area contributed by atoms with E-state index in [9.17, 15) is 52.7 Å². The third-order valence-electron chi connectivity index (χ3n) is 1.89. The molecule has 0 aliphatic rings. The molecule has 0 nitrogen and oxygen atoms in total. The van der Waals surface area contributed by atoms with E-state index < -0.39 is 43.2 Å². The molecule has 2 atom stereocenters. The van der Waals surface area contributed by atoms with Crippen molar-refractivity contribution in [3.8, 4) is 0 Å². The molecule has 0 N–H and O–H groups in total. The van der Waals surface area contributed by atoms with Crippen LogP contribution in [0, 0.1) is 0 Å². The fourth-order valence-corrected chi connectivity index (χ4v) is 1.13.